The van der Waals surface area contributed by atoms with E-state index in [1.165, 1.54) is 57.4 Å². The van der Waals surface area contributed by atoms with E-state index in [-0.39, 0.29) is 5.60 Å². The third-order valence-electron chi connectivity index (χ3n) is 6.01. The molecule has 1 aliphatic carbocycles. The van der Waals surface area contributed by atoms with Crippen molar-refractivity contribution in [3.63, 3.8) is 0 Å². The molecular formula is C20H30N2O. The number of benzene rings is 1. The number of piperidine rings is 1. The first-order chi connectivity index (χ1) is 11.3. The Morgan fingerprint density at radius 1 is 1.09 bits per heavy atom. The Morgan fingerprint density at radius 2 is 1.83 bits per heavy atom. The second-order valence-corrected chi connectivity index (χ2v) is 7.77. The van der Waals surface area contributed by atoms with Gasteiger partial charge in [-0.25, -0.2) is 0 Å². The molecule has 126 valence electrons. The predicted molar refractivity (Wildman–Crippen MR) is 93.4 cm³/mol. The van der Waals surface area contributed by atoms with E-state index >= 15 is 0 Å². The molecule has 4 rings (SSSR count). The summed E-state index contributed by atoms with van der Waals surface area (Å²) in [6.07, 6.45) is 5.64. The third kappa shape index (κ3) is 3.62. The quantitative estimate of drug-likeness (QED) is 0.849. The summed E-state index contributed by atoms with van der Waals surface area (Å²) in [6.45, 7) is 9.34. The molecule has 3 heteroatoms. The smallest absolute Gasteiger partial charge is 0.0815 e. The number of hydrogen-bond acceptors (Lipinski definition) is 3. The van der Waals surface area contributed by atoms with Crippen LogP contribution in [-0.2, 0) is 11.3 Å². The molecular weight excluding hydrogens is 284 g/mol. The summed E-state index contributed by atoms with van der Waals surface area (Å²) in [5, 5.41) is 0. The van der Waals surface area contributed by atoms with Crippen LogP contribution in [0.25, 0.3) is 0 Å². The predicted octanol–water partition coefficient (Wildman–Crippen LogP) is 3.15. The number of morpholine rings is 1. The molecule has 0 unspecified atom stereocenters. The fraction of sp³-hybridized carbons (Fsp3) is 0.700. The number of nitrogens with zero attached hydrogens (tertiary/aromatic N) is 2. The highest BCUT2D eigenvalue weighted by Gasteiger charge is 2.51. The third-order valence-corrected chi connectivity index (χ3v) is 6.01. The Kier molecular flexibility index (Phi) is 4.44. The van der Waals surface area contributed by atoms with E-state index < -0.39 is 0 Å². The summed E-state index contributed by atoms with van der Waals surface area (Å²) in [4.78, 5) is 5.23. The van der Waals surface area contributed by atoms with Crippen LogP contribution in [0.2, 0.25) is 0 Å². The van der Waals surface area contributed by atoms with Crippen LogP contribution >= 0.6 is 0 Å². The van der Waals surface area contributed by atoms with Crippen LogP contribution in [0.4, 0.5) is 0 Å². The van der Waals surface area contributed by atoms with Gasteiger partial charge in [0.1, 0.15) is 0 Å². The standard InChI is InChI=1S/C20H30N2O/c1-2-21-15-19(23-20(16-21)10-11-20)18-8-12-22(13-9-18)14-17-6-4-3-5-7-17/h3-7,18-19H,2,8-16H2,1H3/t19-/m1/s1. The average molecular weight is 314 g/mol. The molecule has 3 nitrogen and oxygen atoms in total. The minimum atomic E-state index is 0.250. The molecule has 2 saturated heterocycles. The molecule has 2 heterocycles. The fourth-order valence-corrected chi connectivity index (χ4v) is 4.35. The maximum absolute atomic E-state index is 6.55. The lowest BCUT2D eigenvalue weighted by Crippen LogP contribution is -2.52. The monoisotopic (exact) mass is 314 g/mol. The number of rotatable bonds is 4. The van der Waals surface area contributed by atoms with Crippen LogP contribution in [0, 0.1) is 5.92 Å². The Hall–Kier alpha value is -0.900. The largest absolute Gasteiger partial charge is 0.369 e. The Labute approximate surface area is 140 Å². The van der Waals surface area contributed by atoms with Gasteiger partial charge in [0.2, 0.25) is 0 Å². The summed E-state index contributed by atoms with van der Waals surface area (Å²) in [5.41, 5.74) is 1.69. The molecule has 0 amide bonds. The van der Waals surface area contributed by atoms with Gasteiger partial charge in [-0.15, -0.1) is 0 Å². The van der Waals surface area contributed by atoms with Crippen molar-refractivity contribution in [2.24, 2.45) is 5.92 Å². The molecule has 0 bridgehead atoms. The zero-order chi connectivity index (χ0) is 15.7. The summed E-state index contributed by atoms with van der Waals surface area (Å²) >= 11 is 0. The molecule has 1 aromatic rings. The van der Waals surface area contributed by atoms with Gasteiger partial charge in [0, 0.05) is 19.6 Å². The maximum atomic E-state index is 6.55. The van der Waals surface area contributed by atoms with Crippen molar-refractivity contribution < 1.29 is 4.74 Å². The van der Waals surface area contributed by atoms with Crippen LogP contribution in [0.3, 0.4) is 0 Å². The van der Waals surface area contributed by atoms with Gasteiger partial charge in [-0.2, -0.15) is 0 Å². The first kappa shape index (κ1) is 15.6. The molecule has 1 atom stereocenters. The zero-order valence-corrected chi connectivity index (χ0v) is 14.4. The van der Waals surface area contributed by atoms with Gasteiger partial charge >= 0.3 is 0 Å². The fourth-order valence-electron chi connectivity index (χ4n) is 4.35. The van der Waals surface area contributed by atoms with Gasteiger partial charge in [0.15, 0.2) is 0 Å². The van der Waals surface area contributed by atoms with Gasteiger partial charge in [-0.3, -0.25) is 9.80 Å². The van der Waals surface area contributed by atoms with E-state index in [1.807, 2.05) is 0 Å². The summed E-state index contributed by atoms with van der Waals surface area (Å²) < 4.78 is 6.55. The van der Waals surface area contributed by atoms with E-state index in [2.05, 4.69) is 47.1 Å². The highest BCUT2D eigenvalue weighted by Crippen LogP contribution is 2.45. The van der Waals surface area contributed by atoms with Crippen LogP contribution in [0.15, 0.2) is 30.3 Å². The van der Waals surface area contributed by atoms with Crippen molar-refractivity contribution in [3.05, 3.63) is 35.9 Å². The van der Waals surface area contributed by atoms with Crippen molar-refractivity contribution in [1.29, 1.82) is 0 Å². The van der Waals surface area contributed by atoms with Crippen molar-refractivity contribution in [2.45, 2.75) is 50.9 Å². The maximum Gasteiger partial charge on any atom is 0.0815 e. The minimum Gasteiger partial charge on any atom is -0.369 e. The van der Waals surface area contributed by atoms with E-state index in [0.717, 1.165) is 19.0 Å². The molecule has 1 saturated carbocycles. The zero-order valence-electron chi connectivity index (χ0n) is 14.4. The van der Waals surface area contributed by atoms with Gasteiger partial charge < -0.3 is 4.74 Å². The summed E-state index contributed by atoms with van der Waals surface area (Å²) in [7, 11) is 0. The summed E-state index contributed by atoms with van der Waals surface area (Å²) in [5.74, 6) is 0.758. The van der Waals surface area contributed by atoms with Crippen molar-refractivity contribution in [1.82, 2.24) is 9.80 Å². The van der Waals surface area contributed by atoms with E-state index in [1.54, 1.807) is 0 Å². The van der Waals surface area contributed by atoms with E-state index in [9.17, 15) is 0 Å². The lowest BCUT2D eigenvalue weighted by atomic mass is 9.89. The summed E-state index contributed by atoms with van der Waals surface area (Å²) in [6, 6.07) is 10.9. The molecule has 3 aliphatic rings. The number of likely N-dealkylation sites (tertiary alicyclic amines) is 1. The van der Waals surface area contributed by atoms with Crippen LogP contribution in [0.5, 0.6) is 0 Å². The molecule has 1 aromatic carbocycles. The number of ether oxygens (including phenoxy) is 1. The number of hydrogen-bond donors (Lipinski definition) is 0. The normalized spacial score (nSPS) is 29.0. The lowest BCUT2D eigenvalue weighted by Gasteiger charge is -2.44. The highest BCUT2D eigenvalue weighted by molar-refractivity contribution is 5.14. The SMILES string of the molecule is CCN1C[C@H](C2CCN(Cc3ccccc3)CC2)OC2(CC2)C1. The van der Waals surface area contributed by atoms with Gasteiger partial charge in [0.05, 0.1) is 11.7 Å². The van der Waals surface area contributed by atoms with Gasteiger partial charge in [0.25, 0.3) is 0 Å². The Morgan fingerprint density at radius 3 is 2.48 bits per heavy atom. The first-order valence-electron chi connectivity index (χ1n) is 9.43. The molecule has 0 N–H and O–H groups in total. The topological polar surface area (TPSA) is 15.7 Å². The lowest BCUT2D eigenvalue weighted by molar-refractivity contribution is -0.130. The van der Waals surface area contributed by atoms with E-state index in [0.29, 0.717) is 6.10 Å². The Bertz CT molecular complexity index is 506. The second-order valence-electron chi connectivity index (χ2n) is 7.77. The average Bonchev–Trinajstić information content (AvgIpc) is 3.34. The molecule has 1 spiro atoms. The van der Waals surface area contributed by atoms with Gasteiger partial charge in [-0.1, -0.05) is 37.3 Å². The molecule has 2 aliphatic heterocycles. The van der Waals surface area contributed by atoms with Crippen molar-refractivity contribution in [3.8, 4) is 0 Å². The van der Waals surface area contributed by atoms with Crippen LogP contribution in [0.1, 0.15) is 38.2 Å². The molecule has 3 fully saturated rings. The molecule has 23 heavy (non-hydrogen) atoms. The highest BCUT2D eigenvalue weighted by atomic mass is 16.5. The molecule has 0 radical (unpaired) electrons. The number of likely N-dealkylation sites (N-methyl/N-ethyl adjacent to an activating group) is 1. The van der Waals surface area contributed by atoms with Crippen LogP contribution in [-0.4, -0.2) is 54.2 Å². The van der Waals surface area contributed by atoms with Gasteiger partial charge in [-0.05, 0) is 56.8 Å². The van der Waals surface area contributed by atoms with E-state index in [4.69, 9.17) is 4.74 Å². The van der Waals surface area contributed by atoms with Crippen molar-refractivity contribution >= 4 is 0 Å². The minimum absolute atomic E-state index is 0.250. The second kappa shape index (κ2) is 6.54. The first-order valence-corrected chi connectivity index (χ1v) is 9.43. The van der Waals surface area contributed by atoms with Crippen LogP contribution < -0.4 is 0 Å². The Balaban J connectivity index is 1.31. The molecule has 0 aromatic heterocycles. The van der Waals surface area contributed by atoms with Crippen molar-refractivity contribution in [2.75, 3.05) is 32.7 Å².